The highest BCUT2D eigenvalue weighted by Gasteiger charge is 2.07. The zero-order valence-corrected chi connectivity index (χ0v) is 11.9. The molecule has 5 nitrogen and oxygen atoms in total. The van der Waals surface area contributed by atoms with E-state index in [1.54, 1.807) is 0 Å². The summed E-state index contributed by atoms with van der Waals surface area (Å²) in [6, 6.07) is 10.3. The van der Waals surface area contributed by atoms with Crippen LogP contribution in [-0.2, 0) is 6.42 Å². The van der Waals surface area contributed by atoms with Crippen molar-refractivity contribution < 1.29 is 0 Å². The smallest absolute Gasteiger partial charge is 0.310 e. The van der Waals surface area contributed by atoms with Gasteiger partial charge in [-0.3, -0.25) is 4.98 Å². The Hall–Kier alpha value is -2.40. The van der Waals surface area contributed by atoms with E-state index in [2.05, 4.69) is 27.2 Å². The number of pyridine rings is 1. The van der Waals surface area contributed by atoms with E-state index in [0.29, 0.717) is 0 Å². The number of fused-ring (bicyclic) bond motifs is 1. The summed E-state index contributed by atoms with van der Waals surface area (Å²) < 4.78 is 0. The molecule has 3 rings (SSSR count). The molecule has 1 atom stereocenters. The van der Waals surface area contributed by atoms with Gasteiger partial charge in [-0.05, 0) is 55.3 Å². The quantitative estimate of drug-likeness (QED) is 0.671. The van der Waals surface area contributed by atoms with Gasteiger partial charge in [0.15, 0.2) is 0 Å². The first kappa shape index (κ1) is 13.6. The second kappa shape index (κ2) is 5.93. The number of H-pyrrole nitrogens is 2. The third-order valence-corrected chi connectivity index (χ3v) is 3.65. The van der Waals surface area contributed by atoms with Gasteiger partial charge >= 0.3 is 5.69 Å². The third kappa shape index (κ3) is 3.20. The number of aromatic amines is 2. The van der Waals surface area contributed by atoms with E-state index < -0.39 is 0 Å². The van der Waals surface area contributed by atoms with Crippen LogP contribution in [0.4, 0.5) is 0 Å². The average Bonchev–Trinajstić information content (AvgIpc) is 2.87. The SMILES string of the molecule is CC(NCCc1ccncc1)c1ccc2[nH]c(=O)[nH]c2c1. The van der Waals surface area contributed by atoms with E-state index in [0.717, 1.165) is 29.6 Å². The lowest BCUT2D eigenvalue weighted by Gasteiger charge is -2.14. The number of nitrogens with one attached hydrogen (secondary N) is 3. The first-order chi connectivity index (χ1) is 10.2. The molecule has 5 heteroatoms. The molecule has 3 aromatic rings. The molecule has 1 aromatic carbocycles. The summed E-state index contributed by atoms with van der Waals surface area (Å²) >= 11 is 0. The van der Waals surface area contributed by atoms with Gasteiger partial charge in [0.05, 0.1) is 11.0 Å². The summed E-state index contributed by atoms with van der Waals surface area (Å²) in [6.07, 6.45) is 4.60. The minimum absolute atomic E-state index is 0.166. The number of benzene rings is 1. The number of hydrogen-bond acceptors (Lipinski definition) is 3. The molecule has 3 N–H and O–H groups in total. The van der Waals surface area contributed by atoms with Gasteiger partial charge in [-0.2, -0.15) is 0 Å². The fraction of sp³-hybridized carbons (Fsp3) is 0.250. The van der Waals surface area contributed by atoms with Gasteiger partial charge in [-0.25, -0.2) is 4.79 Å². The predicted molar refractivity (Wildman–Crippen MR) is 83.3 cm³/mol. The number of nitrogens with zero attached hydrogens (tertiary/aromatic N) is 1. The van der Waals surface area contributed by atoms with Gasteiger partial charge in [-0.15, -0.1) is 0 Å². The van der Waals surface area contributed by atoms with Crippen molar-refractivity contribution in [3.05, 3.63) is 64.3 Å². The molecule has 2 aromatic heterocycles. The van der Waals surface area contributed by atoms with Crippen molar-refractivity contribution in [1.82, 2.24) is 20.3 Å². The highest BCUT2D eigenvalue weighted by atomic mass is 16.1. The normalized spacial score (nSPS) is 12.6. The van der Waals surface area contributed by atoms with Crippen molar-refractivity contribution in [3.8, 4) is 0 Å². The first-order valence-electron chi connectivity index (χ1n) is 7.06. The fourth-order valence-electron chi connectivity index (χ4n) is 2.42. The summed E-state index contributed by atoms with van der Waals surface area (Å²) in [5.74, 6) is 0. The minimum atomic E-state index is -0.166. The van der Waals surface area contributed by atoms with E-state index >= 15 is 0 Å². The van der Waals surface area contributed by atoms with Crippen molar-refractivity contribution in [2.24, 2.45) is 0 Å². The van der Waals surface area contributed by atoms with E-state index in [9.17, 15) is 4.79 Å². The summed E-state index contributed by atoms with van der Waals surface area (Å²) in [6.45, 7) is 3.02. The molecule has 108 valence electrons. The van der Waals surface area contributed by atoms with Crippen molar-refractivity contribution in [1.29, 1.82) is 0 Å². The molecule has 1 unspecified atom stereocenters. The molecule has 0 bridgehead atoms. The Morgan fingerprint density at radius 1 is 1.14 bits per heavy atom. The van der Waals surface area contributed by atoms with Crippen LogP contribution in [0.2, 0.25) is 0 Å². The van der Waals surface area contributed by atoms with Crippen LogP contribution in [0, 0.1) is 0 Å². The molecule has 0 spiro atoms. The van der Waals surface area contributed by atoms with Crippen LogP contribution >= 0.6 is 0 Å². The third-order valence-electron chi connectivity index (χ3n) is 3.65. The highest BCUT2D eigenvalue weighted by Crippen LogP contribution is 2.16. The van der Waals surface area contributed by atoms with Crippen molar-refractivity contribution in [2.45, 2.75) is 19.4 Å². The number of aromatic nitrogens is 3. The van der Waals surface area contributed by atoms with Crippen LogP contribution < -0.4 is 11.0 Å². The molecule has 0 aliphatic carbocycles. The summed E-state index contributed by atoms with van der Waals surface area (Å²) in [7, 11) is 0. The Morgan fingerprint density at radius 2 is 1.90 bits per heavy atom. The van der Waals surface area contributed by atoms with Gasteiger partial charge in [0.25, 0.3) is 0 Å². The van der Waals surface area contributed by atoms with Crippen LogP contribution in [0.15, 0.2) is 47.5 Å². The monoisotopic (exact) mass is 282 g/mol. The molecular formula is C16H18N4O. The van der Waals surface area contributed by atoms with E-state index in [1.807, 2.05) is 42.7 Å². The van der Waals surface area contributed by atoms with Crippen LogP contribution in [0.5, 0.6) is 0 Å². The maximum atomic E-state index is 11.3. The van der Waals surface area contributed by atoms with Gasteiger partial charge in [0.1, 0.15) is 0 Å². The van der Waals surface area contributed by atoms with Gasteiger partial charge in [0, 0.05) is 18.4 Å². The molecule has 0 amide bonds. The van der Waals surface area contributed by atoms with Gasteiger partial charge < -0.3 is 15.3 Å². The van der Waals surface area contributed by atoms with Crippen molar-refractivity contribution in [3.63, 3.8) is 0 Å². The van der Waals surface area contributed by atoms with E-state index in [-0.39, 0.29) is 11.7 Å². The number of hydrogen-bond donors (Lipinski definition) is 3. The molecule has 21 heavy (non-hydrogen) atoms. The van der Waals surface area contributed by atoms with Crippen molar-refractivity contribution >= 4 is 11.0 Å². The number of imidazole rings is 1. The Kier molecular flexibility index (Phi) is 3.83. The van der Waals surface area contributed by atoms with Crippen molar-refractivity contribution in [2.75, 3.05) is 6.54 Å². The summed E-state index contributed by atoms with van der Waals surface area (Å²) in [5.41, 5.74) is 3.95. The maximum Gasteiger partial charge on any atom is 0.323 e. The molecule has 0 radical (unpaired) electrons. The Labute approximate surface area is 122 Å². The largest absolute Gasteiger partial charge is 0.323 e. The maximum absolute atomic E-state index is 11.3. The standard InChI is InChI=1S/C16H18N4O/c1-11(18-9-6-12-4-7-17-8-5-12)13-2-3-14-15(10-13)20-16(21)19-14/h2-5,7-8,10-11,18H,6,9H2,1H3,(H2,19,20,21). The van der Waals surface area contributed by atoms with Crippen LogP contribution in [0.3, 0.4) is 0 Å². The lowest BCUT2D eigenvalue weighted by Crippen LogP contribution is -2.21. The van der Waals surface area contributed by atoms with Crippen LogP contribution in [0.25, 0.3) is 11.0 Å². The summed E-state index contributed by atoms with van der Waals surface area (Å²) in [4.78, 5) is 20.8. The van der Waals surface area contributed by atoms with E-state index in [4.69, 9.17) is 0 Å². The molecule has 0 saturated carbocycles. The number of rotatable bonds is 5. The van der Waals surface area contributed by atoms with Crippen LogP contribution in [0.1, 0.15) is 24.1 Å². The van der Waals surface area contributed by atoms with Crippen LogP contribution in [-0.4, -0.2) is 21.5 Å². The molecule has 0 aliphatic heterocycles. The second-order valence-corrected chi connectivity index (χ2v) is 5.17. The predicted octanol–water partition coefficient (Wildman–Crippen LogP) is 2.14. The Balaban J connectivity index is 1.63. The first-order valence-corrected chi connectivity index (χ1v) is 7.06. The zero-order valence-electron chi connectivity index (χ0n) is 11.9. The topological polar surface area (TPSA) is 73.6 Å². The molecular weight excluding hydrogens is 264 g/mol. The summed E-state index contributed by atoms with van der Waals surface area (Å²) in [5, 5.41) is 3.50. The minimum Gasteiger partial charge on any atom is -0.310 e. The lowest BCUT2D eigenvalue weighted by atomic mass is 10.1. The zero-order chi connectivity index (χ0) is 14.7. The highest BCUT2D eigenvalue weighted by molar-refractivity contribution is 5.75. The average molecular weight is 282 g/mol. The Bertz CT molecular complexity index is 776. The molecule has 0 saturated heterocycles. The fourth-order valence-corrected chi connectivity index (χ4v) is 2.42. The molecule has 0 aliphatic rings. The van der Waals surface area contributed by atoms with Gasteiger partial charge in [0.2, 0.25) is 0 Å². The second-order valence-electron chi connectivity index (χ2n) is 5.17. The molecule has 2 heterocycles. The van der Waals surface area contributed by atoms with Gasteiger partial charge in [-0.1, -0.05) is 6.07 Å². The Morgan fingerprint density at radius 3 is 2.71 bits per heavy atom. The lowest BCUT2D eigenvalue weighted by molar-refractivity contribution is 0.577. The molecule has 0 fully saturated rings. The van der Waals surface area contributed by atoms with E-state index in [1.165, 1.54) is 5.56 Å².